The number of hydrogen-bond donors (Lipinski definition) is 2. The zero-order chi connectivity index (χ0) is 20.4. The smallest absolute Gasteiger partial charge is 0.353 e. The molecule has 7 nitrogen and oxygen atoms in total. The first-order valence-corrected chi connectivity index (χ1v) is 9.62. The highest BCUT2D eigenvalue weighted by Gasteiger charge is 2.40. The second-order valence-electron chi connectivity index (χ2n) is 6.42. The van der Waals surface area contributed by atoms with Crippen LogP contribution in [0.15, 0.2) is 29.2 Å². The van der Waals surface area contributed by atoms with E-state index in [9.17, 15) is 31.2 Å². The fourth-order valence-electron chi connectivity index (χ4n) is 2.76. The van der Waals surface area contributed by atoms with Crippen molar-refractivity contribution in [2.24, 2.45) is 5.92 Å². The third-order valence-corrected chi connectivity index (χ3v) is 5.91. The highest BCUT2D eigenvalue weighted by atomic mass is 32.2. The van der Waals surface area contributed by atoms with Crippen molar-refractivity contribution in [1.82, 2.24) is 14.9 Å². The molecule has 1 atom stereocenters. The predicted octanol–water partition coefficient (Wildman–Crippen LogP) is 1.12. The molecule has 1 fully saturated rings. The first-order valence-electron chi connectivity index (χ1n) is 8.18. The molecular formula is C16H20F3N3O4S. The summed E-state index contributed by atoms with van der Waals surface area (Å²) < 4.78 is 63.3. The molecule has 0 radical (unpaired) electrons. The van der Waals surface area contributed by atoms with Crippen LogP contribution >= 0.6 is 0 Å². The Morgan fingerprint density at radius 2 is 1.89 bits per heavy atom. The molecule has 150 valence electrons. The van der Waals surface area contributed by atoms with E-state index in [-0.39, 0.29) is 35.4 Å². The summed E-state index contributed by atoms with van der Waals surface area (Å²) in [4.78, 5) is 23.6. The van der Waals surface area contributed by atoms with Gasteiger partial charge in [0.05, 0.1) is 4.90 Å². The van der Waals surface area contributed by atoms with Gasteiger partial charge in [0.1, 0.15) is 12.6 Å². The minimum absolute atomic E-state index is 0.102. The lowest BCUT2D eigenvalue weighted by atomic mass is 10.0. The average molecular weight is 407 g/mol. The summed E-state index contributed by atoms with van der Waals surface area (Å²) in [5.74, 6) is -1.61. The topological polar surface area (TPSA) is 95.6 Å². The lowest BCUT2D eigenvalue weighted by Gasteiger charge is -2.36. The van der Waals surface area contributed by atoms with Gasteiger partial charge in [-0.15, -0.1) is 0 Å². The summed E-state index contributed by atoms with van der Waals surface area (Å²) >= 11 is 0. The number of rotatable bonds is 5. The molecule has 1 heterocycles. The Hall–Kier alpha value is -2.14. The first kappa shape index (κ1) is 21.2. The number of hydrogen-bond acceptors (Lipinski definition) is 4. The molecule has 2 rings (SSSR count). The lowest BCUT2D eigenvalue weighted by Crippen LogP contribution is -2.58. The van der Waals surface area contributed by atoms with Crippen molar-refractivity contribution in [3.8, 4) is 0 Å². The van der Waals surface area contributed by atoms with E-state index in [4.69, 9.17) is 0 Å². The molecular weight excluding hydrogens is 387 g/mol. The minimum atomic E-state index is -4.54. The lowest BCUT2D eigenvalue weighted by molar-refractivity contribution is -0.128. The fraction of sp³-hybridized carbons (Fsp3) is 0.500. The summed E-state index contributed by atoms with van der Waals surface area (Å²) in [5, 5.41) is 4.34. The van der Waals surface area contributed by atoms with E-state index in [2.05, 4.69) is 5.32 Å². The summed E-state index contributed by atoms with van der Waals surface area (Å²) in [7, 11) is -4.01. The Bertz CT molecular complexity index is 807. The number of halogens is 3. The van der Waals surface area contributed by atoms with Crippen molar-refractivity contribution >= 4 is 21.8 Å². The van der Waals surface area contributed by atoms with E-state index in [0.717, 1.165) is 28.6 Å². The van der Waals surface area contributed by atoms with Gasteiger partial charge >= 0.3 is 6.18 Å². The molecule has 1 aromatic carbocycles. The number of carbonyl (C=O) groups excluding carboxylic acids is 2. The van der Waals surface area contributed by atoms with Crippen molar-refractivity contribution in [3.63, 3.8) is 0 Å². The maximum absolute atomic E-state index is 12.9. The van der Waals surface area contributed by atoms with Gasteiger partial charge in [0.2, 0.25) is 15.9 Å². The Morgan fingerprint density at radius 1 is 1.30 bits per heavy atom. The fourth-order valence-corrected chi connectivity index (χ4v) is 4.49. The van der Waals surface area contributed by atoms with E-state index >= 15 is 0 Å². The predicted molar refractivity (Wildman–Crippen MR) is 90.4 cm³/mol. The number of alkyl halides is 3. The zero-order valence-corrected chi connectivity index (χ0v) is 15.5. The molecule has 27 heavy (non-hydrogen) atoms. The quantitative estimate of drug-likeness (QED) is 0.765. The van der Waals surface area contributed by atoms with E-state index in [0.29, 0.717) is 0 Å². The van der Waals surface area contributed by atoms with Crippen LogP contribution in [0.25, 0.3) is 0 Å². The first-order chi connectivity index (χ1) is 12.4. The molecule has 1 aromatic rings. The summed E-state index contributed by atoms with van der Waals surface area (Å²) in [6, 6.07) is 3.68. The number of benzene rings is 1. The van der Waals surface area contributed by atoms with Crippen molar-refractivity contribution in [2.45, 2.75) is 31.0 Å². The molecule has 1 saturated heterocycles. The monoisotopic (exact) mass is 407 g/mol. The number of sulfonamides is 1. The molecule has 1 unspecified atom stereocenters. The van der Waals surface area contributed by atoms with Gasteiger partial charge in [-0.3, -0.25) is 9.59 Å². The average Bonchev–Trinajstić information content (AvgIpc) is 2.58. The van der Waals surface area contributed by atoms with Crippen molar-refractivity contribution in [3.05, 3.63) is 29.8 Å². The van der Waals surface area contributed by atoms with Gasteiger partial charge < -0.3 is 10.6 Å². The van der Waals surface area contributed by atoms with Crippen LogP contribution in [-0.2, 0) is 14.8 Å². The van der Waals surface area contributed by atoms with Gasteiger partial charge in [-0.1, -0.05) is 13.8 Å². The highest BCUT2D eigenvalue weighted by Crippen LogP contribution is 2.24. The molecule has 0 saturated carbocycles. The summed E-state index contributed by atoms with van der Waals surface area (Å²) in [6.45, 7) is 2.26. The van der Waals surface area contributed by atoms with Crippen molar-refractivity contribution in [1.29, 1.82) is 0 Å². The number of amides is 2. The third-order valence-electron chi connectivity index (χ3n) is 4.01. The molecule has 1 aliphatic heterocycles. The standard InChI is InChI=1S/C16H20F3N3O4S/c1-10(2)13-15(24)20-7-8-22(13)27(25,26)12-5-3-11(4-6-12)14(23)21-9-16(17,18)19/h3-6,10,13H,7-9H2,1-2H3,(H,20,24)(H,21,23). The summed E-state index contributed by atoms with van der Waals surface area (Å²) in [5.41, 5.74) is -0.102. The van der Waals surface area contributed by atoms with Gasteiger partial charge in [-0.05, 0) is 30.2 Å². The molecule has 2 N–H and O–H groups in total. The van der Waals surface area contributed by atoms with E-state index in [1.165, 1.54) is 0 Å². The van der Waals surface area contributed by atoms with Crippen LogP contribution in [0.2, 0.25) is 0 Å². The Labute approximate surface area is 155 Å². The number of nitrogens with zero attached hydrogens (tertiary/aromatic N) is 1. The van der Waals surface area contributed by atoms with Crippen molar-refractivity contribution in [2.75, 3.05) is 19.6 Å². The maximum atomic E-state index is 12.9. The Kier molecular flexibility index (Phi) is 6.15. The van der Waals surface area contributed by atoms with E-state index in [1.807, 2.05) is 0 Å². The molecule has 0 spiro atoms. The Balaban J connectivity index is 2.22. The zero-order valence-electron chi connectivity index (χ0n) is 14.7. The van der Waals surface area contributed by atoms with E-state index in [1.54, 1.807) is 19.2 Å². The van der Waals surface area contributed by atoms with Gasteiger partial charge in [0, 0.05) is 18.7 Å². The maximum Gasteiger partial charge on any atom is 0.405 e. The number of nitrogens with one attached hydrogen (secondary N) is 2. The molecule has 1 aliphatic rings. The van der Waals surface area contributed by atoms with Gasteiger partial charge in [-0.25, -0.2) is 8.42 Å². The molecule has 0 aromatic heterocycles. The summed E-state index contributed by atoms with van der Waals surface area (Å²) in [6.07, 6.45) is -4.54. The van der Waals surface area contributed by atoms with Crippen molar-refractivity contribution < 1.29 is 31.2 Å². The second-order valence-corrected chi connectivity index (χ2v) is 8.31. The Morgan fingerprint density at radius 3 is 2.41 bits per heavy atom. The molecule has 0 bridgehead atoms. The van der Waals surface area contributed by atoms with Crippen LogP contribution in [0.5, 0.6) is 0 Å². The molecule has 0 aliphatic carbocycles. The SMILES string of the molecule is CC(C)C1C(=O)NCCN1S(=O)(=O)c1ccc(C(=O)NCC(F)(F)F)cc1. The largest absolute Gasteiger partial charge is 0.405 e. The van der Waals surface area contributed by atoms with Gasteiger partial charge in [-0.2, -0.15) is 17.5 Å². The van der Waals surface area contributed by atoms with Gasteiger partial charge in [0.25, 0.3) is 5.91 Å². The minimum Gasteiger partial charge on any atom is -0.353 e. The van der Waals surface area contributed by atoms with Gasteiger partial charge in [0.15, 0.2) is 0 Å². The normalized spacial score (nSPS) is 19.0. The number of piperazine rings is 1. The third kappa shape index (κ3) is 4.98. The van der Waals surface area contributed by atoms with Crippen LogP contribution in [0, 0.1) is 5.92 Å². The molecule has 2 amide bonds. The van der Waals surface area contributed by atoms with Crippen LogP contribution in [0.1, 0.15) is 24.2 Å². The highest BCUT2D eigenvalue weighted by molar-refractivity contribution is 7.89. The van der Waals surface area contributed by atoms with Crippen LogP contribution in [0.4, 0.5) is 13.2 Å². The molecule has 11 heteroatoms. The van der Waals surface area contributed by atoms with Crippen LogP contribution in [-0.4, -0.2) is 56.4 Å². The second kappa shape index (κ2) is 7.85. The van der Waals surface area contributed by atoms with E-state index < -0.39 is 34.7 Å². The van der Waals surface area contributed by atoms with Crippen LogP contribution < -0.4 is 10.6 Å². The number of carbonyl (C=O) groups is 2. The van der Waals surface area contributed by atoms with Crippen LogP contribution in [0.3, 0.4) is 0 Å².